The third-order valence-electron chi connectivity index (χ3n) is 4.03. The molecular weight excluding hydrogens is 364 g/mol. The SMILES string of the molecule is COc1ccc(NC(C)=O)c(NS(=O)(=O)c2ccc(CCC(C)C)cc2)c1. The summed E-state index contributed by atoms with van der Waals surface area (Å²) >= 11 is 0. The molecule has 0 saturated heterocycles. The van der Waals surface area contributed by atoms with E-state index in [-0.39, 0.29) is 16.5 Å². The molecule has 2 N–H and O–H groups in total. The van der Waals surface area contributed by atoms with Crippen LogP contribution in [-0.4, -0.2) is 21.4 Å². The molecule has 0 bridgehead atoms. The van der Waals surface area contributed by atoms with Crippen LogP contribution >= 0.6 is 0 Å². The first-order valence-electron chi connectivity index (χ1n) is 8.78. The summed E-state index contributed by atoms with van der Waals surface area (Å²) in [4.78, 5) is 11.5. The normalized spacial score (nSPS) is 11.3. The van der Waals surface area contributed by atoms with Gasteiger partial charge in [0.2, 0.25) is 5.91 Å². The highest BCUT2D eigenvalue weighted by Gasteiger charge is 2.17. The molecule has 0 saturated carbocycles. The summed E-state index contributed by atoms with van der Waals surface area (Å²) in [5, 5.41) is 2.61. The number of benzene rings is 2. The lowest BCUT2D eigenvalue weighted by atomic mass is 10.0. The van der Waals surface area contributed by atoms with Crippen molar-refractivity contribution in [1.29, 1.82) is 0 Å². The number of ether oxygens (including phenoxy) is 1. The summed E-state index contributed by atoms with van der Waals surface area (Å²) in [6, 6.07) is 11.6. The molecule has 0 aromatic heterocycles. The monoisotopic (exact) mass is 390 g/mol. The van der Waals surface area contributed by atoms with Crippen LogP contribution in [0.4, 0.5) is 11.4 Å². The van der Waals surface area contributed by atoms with Crippen LogP contribution < -0.4 is 14.8 Å². The van der Waals surface area contributed by atoms with E-state index in [0.29, 0.717) is 17.4 Å². The summed E-state index contributed by atoms with van der Waals surface area (Å²) in [5.74, 6) is 0.774. The van der Waals surface area contributed by atoms with Crippen LogP contribution in [0.3, 0.4) is 0 Å². The maximum Gasteiger partial charge on any atom is 0.261 e. The number of methoxy groups -OCH3 is 1. The van der Waals surface area contributed by atoms with E-state index >= 15 is 0 Å². The van der Waals surface area contributed by atoms with Crippen molar-refractivity contribution in [2.75, 3.05) is 17.1 Å². The fraction of sp³-hybridized carbons (Fsp3) is 0.350. The van der Waals surface area contributed by atoms with Crippen LogP contribution in [0.25, 0.3) is 0 Å². The first-order valence-corrected chi connectivity index (χ1v) is 10.3. The van der Waals surface area contributed by atoms with Crippen molar-refractivity contribution in [2.45, 2.75) is 38.5 Å². The number of carbonyl (C=O) groups excluding carboxylic acids is 1. The van der Waals surface area contributed by atoms with Crippen LogP contribution in [0.1, 0.15) is 32.8 Å². The van der Waals surface area contributed by atoms with Crippen molar-refractivity contribution in [2.24, 2.45) is 5.92 Å². The van der Waals surface area contributed by atoms with E-state index in [1.165, 1.54) is 20.1 Å². The topological polar surface area (TPSA) is 84.5 Å². The lowest BCUT2D eigenvalue weighted by Gasteiger charge is -2.14. The Hall–Kier alpha value is -2.54. The van der Waals surface area contributed by atoms with Gasteiger partial charge in [0, 0.05) is 13.0 Å². The molecule has 2 rings (SSSR count). The molecule has 1 amide bonds. The van der Waals surface area contributed by atoms with Crippen LogP contribution in [0.2, 0.25) is 0 Å². The largest absolute Gasteiger partial charge is 0.497 e. The molecule has 27 heavy (non-hydrogen) atoms. The lowest BCUT2D eigenvalue weighted by molar-refractivity contribution is -0.114. The minimum Gasteiger partial charge on any atom is -0.497 e. The van der Waals surface area contributed by atoms with Crippen LogP contribution in [0.5, 0.6) is 5.75 Å². The average Bonchev–Trinajstić information content (AvgIpc) is 2.61. The van der Waals surface area contributed by atoms with E-state index in [4.69, 9.17) is 4.74 Å². The van der Waals surface area contributed by atoms with E-state index in [0.717, 1.165) is 18.4 Å². The van der Waals surface area contributed by atoms with Gasteiger partial charge in [-0.3, -0.25) is 9.52 Å². The van der Waals surface area contributed by atoms with Crippen LogP contribution in [-0.2, 0) is 21.2 Å². The number of hydrogen-bond acceptors (Lipinski definition) is 4. The summed E-state index contributed by atoms with van der Waals surface area (Å²) < 4.78 is 33.2. The molecule has 0 fully saturated rings. The minimum absolute atomic E-state index is 0.160. The number of nitrogens with one attached hydrogen (secondary N) is 2. The first-order chi connectivity index (χ1) is 12.7. The van der Waals surface area contributed by atoms with Crippen molar-refractivity contribution >= 4 is 27.3 Å². The number of amides is 1. The van der Waals surface area contributed by atoms with Gasteiger partial charge >= 0.3 is 0 Å². The first kappa shape index (κ1) is 20.8. The molecule has 7 heteroatoms. The highest BCUT2D eigenvalue weighted by Crippen LogP contribution is 2.29. The summed E-state index contributed by atoms with van der Waals surface area (Å²) in [7, 11) is -2.31. The smallest absolute Gasteiger partial charge is 0.261 e. The van der Waals surface area contributed by atoms with Gasteiger partial charge in [0.15, 0.2) is 0 Å². The fourth-order valence-corrected chi connectivity index (χ4v) is 3.60. The van der Waals surface area contributed by atoms with E-state index in [9.17, 15) is 13.2 Å². The molecule has 146 valence electrons. The van der Waals surface area contributed by atoms with E-state index in [1.807, 2.05) is 12.1 Å². The number of sulfonamides is 1. The van der Waals surface area contributed by atoms with Gasteiger partial charge in [-0.1, -0.05) is 26.0 Å². The molecule has 0 aliphatic rings. The Morgan fingerprint density at radius 2 is 1.74 bits per heavy atom. The standard InChI is InChI=1S/C20H26N2O4S/c1-14(2)5-6-16-7-10-18(11-8-16)27(24,25)22-20-13-17(26-4)9-12-19(20)21-15(3)23/h7-14,22H,5-6H2,1-4H3,(H,21,23). The predicted octanol–water partition coefficient (Wildman–Crippen LogP) is 4.04. The minimum atomic E-state index is -3.80. The fourth-order valence-electron chi connectivity index (χ4n) is 2.53. The van der Waals surface area contributed by atoms with Gasteiger partial charge in [-0.25, -0.2) is 8.42 Å². The number of carbonyl (C=O) groups is 1. The molecule has 2 aromatic carbocycles. The Morgan fingerprint density at radius 3 is 2.30 bits per heavy atom. The second-order valence-corrected chi connectivity index (χ2v) is 8.46. The third kappa shape index (κ3) is 5.99. The summed E-state index contributed by atoms with van der Waals surface area (Å²) in [6.45, 7) is 5.67. The molecule has 2 aromatic rings. The van der Waals surface area contributed by atoms with Crippen molar-refractivity contribution in [3.8, 4) is 5.75 Å². The zero-order chi connectivity index (χ0) is 20.0. The van der Waals surface area contributed by atoms with Gasteiger partial charge in [-0.15, -0.1) is 0 Å². The number of aryl methyl sites for hydroxylation is 1. The van der Waals surface area contributed by atoms with Crippen molar-refractivity contribution in [3.05, 3.63) is 48.0 Å². The number of hydrogen-bond donors (Lipinski definition) is 2. The molecule has 0 spiro atoms. The van der Waals surface area contributed by atoms with Gasteiger partial charge in [0.1, 0.15) is 5.75 Å². The maximum absolute atomic E-state index is 12.8. The Kier molecular flexibility index (Phi) is 6.85. The van der Waals surface area contributed by atoms with Gasteiger partial charge in [-0.05, 0) is 48.6 Å². The predicted molar refractivity (Wildman–Crippen MR) is 108 cm³/mol. The molecule has 0 unspecified atom stereocenters. The van der Waals surface area contributed by atoms with Crippen LogP contribution in [0.15, 0.2) is 47.4 Å². The third-order valence-corrected chi connectivity index (χ3v) is 5.41. The number of rotatable bonds is 8. The van der Waals surface area contributed by atoms with Crippen molar-refractivity contribution in [1.82, 2.24) is 0 Å². The molecule has 0 atom stereocenters. The molecule has 6 nitrogen and oxygen atoms in total. The summed E-state index contributed by atoms with van der Waals surface area (Å²) in [5.41, 5.74) is 1.71. The van der Waals surface area contributed by atoms with Crippen molar-refractivity contribution in [3.63, 3.8) is 0 Å². The number of anilines is 2. The second-order valence-electron chi connectivity index (χ2n) is 6.77. The van der Waals surface area contributed by atoms with Crippen molar-refractivity contribution < 1.29 is 17.9 Å². The Morgan fingerprint density at radius 1 is 1.07 bits per heavy atom. The molecule has 0 aliphatic carbocycles. The Balaban J connectivity index is 2.26. The van der Waals surface area contributed by atoms with E-state index < -0.39 is 10.0 Å². The molecule has 0 radical (unpaired) electrons. The second kappa shape index (κ2) is 8.90. The van der Waals surface area contributed by atoms with Gasteiger partial charge in [0.05, 0.1) is 23.4 Å². The van der Waals surface area contributed by atoms with Gasteiger partial charge in [0.25, 0.3) is 10.0 Å². The Labute approximate surface area is 161 Å². The molecular formula is C20H26N2O4S. The molecule has 0 aliphatic heterocycles. The quantitative estimate of drug-likeness (QED) is 0.712. The van der Waals surface area contributed by atoms with Gasteiger partial charge in [-0.2, -0.15) is 0 Å². The molecule has 0 heterocycles. The highest BCUT2D eigenvalue weighted by molar-refractivity contribution is 7.92. The maximum atomic E-state index is 12.8. The lowest BCUT2D eigenvalue weighted by Crippen LogP contribution is -2.16. The zero-order valence-corrected chi connectivity index (χ0v) is 16.9. The highest BCUT2D eigenvalue weighted by atomic mass is 32.2. The van der Waals surface area contributed by atoms with E-state index in [2.05, 4.69) is 23.9 Å². The Bertz CT molecular complexity index is 891. The average molecular weight is 391 g/mol. The summed E-state index contributed by atoms with van der Waals surface area (Å²) in [6.07, 6.45) is 1.96. The van der Waals surface area contributed by atoms with Crippen LogP contribution in [0, 0.1) is 5.92 Å². The van der Waals surface area contributed by atoms with E-state index in [1.54, 1.807) is 24.3 Å². The van der Waals surface area contributed by atoms with Gasteiger partial charge < -0.3 is 10.1 Å². The zero-order valence-electron chi connectivity index (χ0n) is 16.1.